The monoisotopic (exact) mass is 447 g/mol. The van der Waals surface area contributed by atoms with Crippen molar-refractivity contribution >= 4 is 11.8 Å². The minimum atomic E-state index is -0.496. The Morgan fingerprint density at radius 3 is 2.48 bits per heavy atom. The van der Waals surface area contributed by atoms with E-state index in [0.29, 0.717) is 38.9 Å². The van der Waals surface area contributed by atoms with E-state index in [0.717, 1.165) is 12.1 Å². The van der Waals surface area contributed by atoms with Crippen molar-refractivity contribution in [3.63, 3.8) is 0 Å². The lowest BCUT2D eigenvalue weighted by Crippen LogP contribution is -2.51. The molecule has 2 aromatic rings. The highest BCUT2D eigenvalue weighted by molar-refractivity contribution is 5.88. The second-order valence-corrected chi connectivity index (χ2v) is 9.32. The Hall–Kier alpha value is -2.92. The molecule has 0 atom stereocenters. The van der Waals surface area contributed by atoms with Crippen molar-refractivity contribution < 1.29 is 9.59 Å². The van der Waals surface area contributed by atoms with E-state index in [1.165, 1.54) is 16.7 Å². The molecule has 1 fully saturated rings. The molecule has 0 aliphatic carbocycles. The van der Waals surface area contributed by atoms with Crippen LogP contribution in [0.4, 0.5) is 0 Å². The van der Waals surface area contributed by atoms with Crippen molar-refractivity contribution in [2.45, 2.75) is 33.1 Å². The van der Waals surface area contributed by atoms with Gasteiger partial charge in [0.1, 0.15) is 0 Å². The second kappa shape index (κ2) is 11.3. The molecule has 176 valence electrons. The van der Waals surface area contributed by atoms with Crippen molar-refractivity contribution in [1.82, 2.24) is 15.1 Å². The van der Waals surface area contributed by atoms with Crippen LogP contribution in [0.1, 0.15) is 30.9 Å². The SMILES string of the molecule is CCNC(=O)C1(Cc2cccc(-c3ccccc3C)c2)CCN(C(=O)/C=C/CN(C)C)CC1. The highest BCUT2D eigenvalue weighted by atomic mass is 16.2. The summed E-state index contributed by atoms with van der Waals surface area (Å²) >= 11 is 0. The topological polar surface area (TPSA) is 52.7 Å². The molecule has 0 aromatic heterocycles. The van der Waals surface area contributed by atoms with Gasteiger partial charge in [0.15, 0.2) is 0 Å². The van der Waals surface area contributed by atoms with E-state index in [1.807, 2.05) is 36.9 Å². The average Bonchev–Trinajstić information content (AvgIpc) is 2.80. The summed E-state index contributed by atoms with van der Waals surface area (Å²) in [5.41, 5.74) is 4.30. The van der Waals surface area contributed by atoms with Crippen LogP contribution in [0.2, 0.25) is 0 Å². The summed E-state index contributed by atoms with van der Waals surface area (Å²) in [6, 6.07) is 16.9. The number of aryl methyl sites for hydroxylation is 1. The number of nitrogens with one attached hydrogen (secondary N) is 1. The lowest BCUT2D eigenvalue weighted by atomic mass is 9.72. The standard InChI is InChI=1S/C28H37N3O2/c1-5-29-27(33)28(15-18-31(19-16-28)26(32)14-9-17-30(3)4)21-23-11-8-12-24(20-23)25-13-7-6-10-22(25)2/h6-14,20H,5,15-19,21H2,1-4H3,(H,29,33)/b14-9+. The number of likely N-dealkylation sites (N-methyl/N-ethyl adjacent to an activating group) is 1. The molecule has 0 unspecified atom stereocenters. The van der Waals surface area contributed by atoms with Gasteiger partial charge in [-0.05, 0) is 69.5 Å². The molecule has 33 heavy (non-hydrogen) atoms. The van der Waals surface area contributed by atoms with Gasteiger partial charge in [0, 0.05) is 32.3 Å². The van der Waals surface area contributed by atoms with Crippen LogP contribution in [0, 0.1) is 12.3 Å². The molecule has 5 nitrogen and oxygen atoms in total. The molecule has 5 heteroatoms. The molecule has 0 saturated carbocycles. The van der Waals surface area contributed by atoms with Gasteiger partial charge in [-0.3, -0.25) is 9.59 Å². The molecule has 1 N–H and O–H groups in total. The van der Waals surface area contributed by atoms with Gasteiger partial charge in [0.2, 0.25) is 11.8 Å². The Bertz CT molecular complexity index is 988. The molecule has 1 aliphatic heterocycles. The average molecular weight is 448 g/mol. The third kappa shape index (κ3) is 6.32. The van der Waals surface area contributed by atoms with Crippen molar-refractivity contribution in [3.8, 4) is 11.1 Å². The van der Waals surface area contributed by atoms with E-state index < -0.39 is 5.41 Å². The number of likely N-dealkylation sites (tertiary alicyclic amines) is 1. The first-order chi connectivity index (χ1) is 15.8. The number of hydrogen-bond donors (Lipinski definition) is 1. The zero-order chi connectivity index (χ0) is 23.8. The van der Waals surface area contributed by atoms with Crippen molar-refractivity contribution in [2.75, 3.05) is 40.3 Å². The molecular weight excluding hydrogens is 410 g/mol. The van der Waals surface area contributed by atoms with E-state index in [4.69, 9.17) is 0 Å². The molecule has 1 saturated heterocycles. The predicted octanol–water partition coefficient (Wildman–Crippen LogP) is 4.07. The van der Waals surface area contributed by atoms with Crippen molar-refractivity contribution in [1.29, 1.82) is 0 Å². The third-order valence-corrected chi connectivity index (χ3v) is 6.51. The summed E-state index contributed by atoms with van der Waals surface area (Å²) in [6.45, 7) is 6.62. The Labute approximate surface area is 198 Å². The summed E-state index contributed by atoms with van der Waals surface area (Å²) in [5, 5.41) is 3.06. The first-order valence-corrected chi connectivity index (χ1v) is 11.9. The predicted molar refractivity (Wildman–Crippen MR) is 135 cm³/mol. The Morgan fingerprint density at radius 2 is 1.82 bits per heavy atom. The number of hydrogen-bond acceptors (Lipinski definition) is 3. The lowest BCUT2D eigenvalue weighted by molar-refractivity contribution is -0.138. The number of nitrogens with zero attached hydrogens (tertiary/aromatic N) is 2. The van der Waals surface area contributed by atoms with Gasteiger partial charge in [0.05, 0.1) is 5.41 Å². The summed E-state index contributed by atoms with van der Waals surface area (Å²) in [6.07, 6.45) is 5.56. The quantitative estimate of drug-likeness (QED) is 0.621. The Morgan fingerprint density at radius 1 is 1.09 bits per heavy atom. The molecule has 1 aliphatic rings. The second-order valence-electron chi connectivity index (χ2n) is 9.32. The number of carbonyl (C=O) groups excluding carboxylic acids is 2. The maximum Gasteiger partial charge on any atom is 0.246 e. The molecule has 0 radical (unpaired) electrons. The van der Waals surface area contributed by atoms with E-state index >= 15 is 0 Å². The molecule has 0 bridgehead atoms. The highest BCUT2D eigenvalue weighted by Gasteiger charge is 2.41. The van der Waals surface area contributed by atoms with Crippen LogP contribution in [0.15, 0.2) is 60.7 Å². The lowest BCUT2D eigenvalue weighted by Gasteiger charge is -2.40. The van der Waals surface area contributed by atoms with Crippen LogP contribution < -0.4 is 5.32 Å². The molecule has 1 heterocycles. The number of amides is 2. The smallest absolute Gasteiger partial charge is 0.246 e. The third-order valence-electron chi connectivity index (χ3n) is 6.51. The summed E-state index contributed by atoms with van der Waals surface area (Å²) in [5.74, 6) is 0.129. The fourth-order valence-corrected chi connectivity index (χ4v) is 4.59. The highest BCUT2D eigenvalue weighted by Crippen LogP contribution is 2.37. The van der Waals surface area contributed by atoms with E-state index in [1.54, 1.807) is 6.08 Å². The minimum absolute atomic E-state index is 0.0305. The molecular formula is C28H37N3O2. The fourth-order valence-electron chi connectivity index (χ4n) is 4.59. The van der Waals surface area contributed by atoms with Crippen LogP contribution in [-0.4, -0.2) is 61.9 Å². The van der Waals surface area contributed by atoms with E-state index in [9.17, 15) is 9.59 Å². The van der Waals surface area contributed by atoms with Gasteiger partial charge < -0.3 is 15.1 Å². The van der Waals surface area contributed by atoms with Gasteiger partial charge in [-0.15, -0.1) is 0 Å². The zero-order valence-electron chi connectivity index (χ0n) is 20.4. The van der Waals surface area contributed by atoms with Gasteiger partial charge in [-0.2, -0.15) is 0 Å². The maximum atomic E-state index is 13.2. The van der Waals surface area contributed by atoms with Crippen molar-refractivity contribution in [3.05, 3.63) is 71.8 Å². The first-order valence-electron chi connectivity index (χ1n) is 11.9. The van der Waals surface area contributed by atoms with Gasteiger partial charge >= 0.3 is 0 Å². The number of rotatable bonds is 8. The van der Waals surface area contributed by atoms with Crippen LogP contribution in [0.25, 0.3) is 11.1 Å². The first kappa shape index (κ1) is 24.7. The Balaban J connectivity index is 1.77. The summed E-state index contributed by atoms with van der Waals surface area (Å²) in [7, 11) is 3.95. The van der Waals surface area contributed by atoms with E-state index in [2.05, 4.69) is 60.8 Å². The molecule has 2 amide bonds. The fraction of sp³-hybridized carbons (Fsp3) is 0.429. The van der Waals surface area contributed by atoms with Crippen molar-refractivity contribution in [2.24, 2.45) is 5.41 Å². The maximum absolute atomic E-state index is 13.2. The molecule has 2 aromatic carbocycles. The van der Waals surface area contributed by atoms with Crippen LogP contribution in [-0.2, 0) is 16.0 Å². The largest absolute Gasteiger partial charge is 0.356 e. The van der Waals surface area contributed by atoms with Crippen LogP contribution in [0.3, 0.4) is 0 Å². The van der Waals surface area contributed by atoms with Gasteiger partial charge in [-0.25, -0.2) is 0 Å². The van der Waals surface area contributed by atoms with Gasteiger partial charge in [-0.1, -0.05) is 54.6 Å². The zero-order valence-corrected chi connectivity index (χ0v) is 20.4. The van der Waals surface area contributed by atoms with Crippen LogP contribution in [0.5, 0.6) is 0 Å². The number of benzene rings is 2. The summed E-state index contributed by atoms with van der Waals surface area (Å²) in [4.78, 5) is 29.7. The number of piperidine rings is 1. The minimum Gasteiger partial charge on any atom is -0.356 e. The normalized spacial score (nSPS) is 15.7. The van der Waals surface area contributed by atoms with Crippen LogP contribution >= 0.6 is 0 Å². The molecule has 3 rings (SSSR count). The Kier molecular flexibility index (Phi) is 8.45. The van der Waals surface area contributed by atoms with E-state index in [-0.39, 0.29) is 11.8 Å². The number of carbonyl (C=O) groups is 2. The van der Waals surface area contributed by atoms with Gasteiger partial charge in [0.25, 0.3) is 0 Å². The molecule has 0 spiro atoms. The summed E-state index contributed by atoms with van der Waals surface area (Å²) < 4.78 is 0.